The Morgan fingerprint density at radius 2 is 2.22 bits per heavy atom. The first kappa shape index (κ1) is 18.1. The number of carbonyl (C=O) groups excluding carboxylic acids is 2. The van der Waals surface area contributed by atoms with E-state index in [1.165, 1.54) is 4.90 Å². The van der Waals surface area contributed by atoms with Gasteiger partial charge < -0.3 is 15.5 Å². The molecule has 2 rings (SSSR count). The van der Waals surface area contributed by atoms with Crippen LogP contribution >= 0.6 is 23.4 Å². The summed E-state index contributed by atoms with van der Waals surface area (Å²) in [7, 11) is 1.65. The van der Waals surface area contributed by atoms with Gasteiger partial charge in [0.15, 0.2) is 0 Å². The number of nitrogens with two attached hydrogens (primary N) is 1. The number of carbonyl (C=O) groups is 2. The number of thioether (sulfide) groups is 1. The third-order valence-corrected chi connectivity index (χ3v) is 5.05. The van der Waals surface area contributed by atoms with Gasteiger partial charge in [0.25, 0.3) is 0 Å². The minimum Gasteiger partial charge on any atom is -0.332 e. The molecule has 23 heavy (non-hydrogen) atoms. The number of benzene rings is 1. The monoisotopic (exact) mass is 355 g/mol. The van der Waals surface area contributed by atoms with E-state index in [1.807, 2.05) is 24.5 Å². The molecule has 1 aliphatic heterocycles. The first-order valence-corrected chi connectivity index (χ1v) is 9.31. The summed E-state index contributed by atoms with van der Waals surface area (Å²) >= 11 is 7.82. The van der Waals surface area contributed by atoms with E-state index in [9.17, 15) is 9.59 Å². The summed E-state index contributed by atoms with van der Waals surface area (Å²) in [5.74, 6) is 0.537. The number of rotatable bonds is 6. The lowest BCUT2D eigenvalue weighted by molar-refractivity contribution is -0.137. The summed E-state index contributed by atoms with van der Waals surface area (Å²) in [6.45, 7) is 0.547. The fraction of sp³-hybridized carbons (Fsp3) is 0.500. The Morgan fingerprint density at radius 1 is 1.52 bits per heavy atom. The molecule has 2 atom stereocenters. The number of anilines is 1. The second-order valence-electron chi connectivity index (χ2n) is 5.58. The zero-order chi connectivity index (χ0) is 17.0. The van der Waals surface area contributed by atoms with Crippen molar-refractivity contribution in [3.63, 3.8) is 0 Å². The van der Waals surface area contributed by atoms with E-state index >= 15 is 0 Å². The van der Waals surface area contributed by atoms with Gasteiger partial charge in [-0.2, -0.15) is 11.8 Å². The first-order chi connectivity index (χ1) is 11.0. The molecule has 1 aliphatic rings. The molecule has 0 saturated carbocycles. The van der Waals surface area contributed by atoms with Gasteiger partial charge in [-0.25, -0.2) is 0 Å². The summed E-state index contributed by atoms with van der Waals surface area (Å²) in [4.78, 5) is 28.2. The molecule has 1 fully saturated rings. The van der Waals surface area contributed by atoms with Crippen LogP contribution in [0.2, 0.25) is 5.02 Å². The van der Waals surface area contributed by atoms with Gasteiger partial charge in [0.1, 0.15) is 6.04 Å². The van der Waals surface area contributed by atoms with Crippen LogP contribution in [0.1, 0.15) is 12.8 Å². The van der Waals surface area contributed by atoms with Crippen LogP contribution in [-0.2, 0) is 9.59 Å². The molecule has 1 heterocycles. The molecule has 0 radical (unpaired) electrons. The molecule has 2 amide bonds. The lowest BCUT2D eigenvalue weighted by Gasteiger charge is -2.26. The normalized spacial score (nSPS) is 19.0. The molecule has 2 unspecified atom stereocenters. The zero-order valence-electron chi connectivity index (χ0n) is 13.4. The van der Waals surface area contributed by atoms with Crippen LogP contribution in [0.5, 0.6) is 0 Å². The fourth-order valence-corrected chi connectivity index (χ4v) is 3.44. The number of likely N-dealkylation sites (N-methyl/N-ethyl adjacent to an activating group) is 1. The second kappa shape index (κ2) is 8.04. The number of hydrogen-bond acceptors (Lipinski definition) is 4. The minimum absolute atomic E-state index is 0.106. The molecule has 0 spiro atoms. The van der Waals surface area contributed by atoms with Gasteiger partial charge in [-0.15, -0.1) is 0 Å². The van der Waals surface area contributed by atoms with Crippen molar-refractivity contribution in [2.75, 3.05) is 30.5 Å². The van der Waals surface area contributed by atoms with Gasteiger partial charge in [0.2, 0.25) is 11.8 Å². The highest BCUT2D eigenvalue weighted by Crippen LogP contribution is 2.30. The smallest absolute Gasteiger partial charge is 0.249 e. The van der Waals surface area contributed by atoms with Crippen LogP contribution < -0.4 is 10.6 Å². The molecule has 5 nitrogen and oxygen atoms in total. The Labute approximate surface area is 146 Å². The molecule has 1 aromatic carbocycles. The van der Waals surface area contributed by atoms with Crippen LogP contribution in [0.4, 0.5) is 5.69 Å². The summed E-state index contributed by atoms with van der Waals surface area (Å²) in [5.41, 5.74) is 6.63. The van der Waals surface area contributed by atoms with Gasteiger partial charge in [0, 0.05) is 13.6 Å². The van der Waals surface area contributed by atoms with Crippen molar-refractivity contribution >= 4 is 40.9 Å². The average Bonchev–Trinajstić information content (AvgIpc) is 2.93. The predicted molar refractivity (Wildman–Crippen MR) is 96.0 cm³/mol. The summed E-state index contributed by atoms with van der Waals surface area (Å²) in [5, 5.41) is 0.534. The van der Waals surface area contributed by atoms with Crippen molar-refractivity contribution in [2.24, 2.45) is 5.73 Å². The Bertz CT molecular complexity index is 584. The summed E-state index contributed by atoms with van der Waals surface area (Å²) in [6, 6.07) is 6.20. The van der Waals surface area contributed by atoms with Gasteiger partial charge in [-0.3, -0.25) is 9.59 Å². The number of para-hydroxylation sites is 1. The van der Waals surface area contributed by atoms with E-state index in [-0.39, 0.29) is 11.8 Å². The van der Waals surface area contributed by atoms with Gasteiger partial charge in [0.05, 0.1) is 16.8 Å². The highest BCUT2D eigenvalue weighted by molar-refractivity contribution is 7.98. The van der Waals surface area contributed by atoms with Crippen LogP contribution in [0, 0.1) is 0 Å². The maximum atomic E-state index is 12.7. The van der Waals surface area contributed by atoms with E-state index in [0.717, 1.165) is 5.75 Å². The van der Waals surface area contributed by atoms with Gasteiger partial charge >= 0.3 is 0 Å². The largest absolute Gasteiger partial charge is 0.332 e. The van der Waals surface area contributed by atoms with Crippen LogP contribution in [-0.4, -0.2) is 54.4 Å². The Morgan fingerprint density at radius 3 is 2.87 bits per heavy atom. The Kier molecular flexibility index (Phi) is 6.33. The first-order valence-electron chi connectivity index (χ1n) is 7.54. The van der Waals surface area contributed by atoms with Crippen LogP contribution in [0.25, 0.3) is 0 Å². The molecule has 126 valence electrons. The number of nitrogens with zero attached hydrogens (tertiary/aromatic N) is 2. The maximum absolute atomic E-state index is 12.7. The molecule has 0 bridgehead atoms. The van der Waals surface area contributed by atoms with E-state index < -0.39 is 12.1 Å². The van der Waals surface area contributed by atoms with E-state index in [1.54, 1.807) is 29.8 Å². The number of halogens is 1. The van der Waals surface area contributed by atoms with E-state index in [2.05, 4.69) is 0 Å². The molecule has 0 aromatic heterocycles. The summed E-state index contributed by atoms with van der Waals surface area (Å²) in [6.07, 6.45) is 3.17. The minimum atomic E-state index is -0.561. The Hall–Kier alpha value is -1.24. The molecule has 1 saturated heterocycles. The maximum Gasteiger partial charge on any atom is 0.249 e. The molecule has 2 N–H and O–H groups in total. The molecular formula is C16H22ClN3O2S. The lowest BCUT2D eigenvalue weighted by atomic mass is 10.1. The molecule has 0 aliphatic carbocycles. The van der Waals surface area contributed by atoms with Crippen LogP contribution in [0.3, 0.4) is 0 Å². The van der Waals surface area contributed by atoms with Crippen molar-refractivity contribution < 1.29 is 9.59 Å². The second-order valence-corrected chi connectivity index (χ2v) is 6.98. The van der Waals surface area contributed by atoms with E-state index in [4.69, 9.17) is 17.3 Å². The lowest BCUT2D eigenvalue weighted by Crippen LogP contribution is -2.49. The average molecular weight is 356 g/mol. The number of hydrogen-bond donors (Lipinski definition) is 1. The van der Waals surface area contributed by atoms with Crippen molar-refractivity contribution in [3.8, 4) is 0 Å². The third-order valence-electron chi connectivity index (χ3n) is 4.09. The molecule has 7 heteroatoms. The highest BCUT2D eigenvalue weighted by Gasteiger charge is 2.38. The third kappa shape index (κ3) is 4.00. The molecular weight excluding hydrogens is 334 g/mol. The SMILES string of the molecule is CSCCC(N)C(=O)N(C)C1CCN(c2ccccc2Cl)C1=O. The zero-order valence-corrected chi connectivity index (χ0v) is 14.9. The van der Waals surface area contributed by atoms with Crippen molar-refractivity contribution in [1.82, 2.24) is 4.90 Å². The van der Waals surface area contributed by atoms with Crippen LogP contribution in [0.15, 0.2) is 24.3 Å². The quantitative estimate of drug-likeness (QED) is 0.847. The topological polar surface area (TPSA) is 66.6 Å². The van der Waals surface area contributed by atoms with Crippen molar-refractivity contribution in [3.05, 3.63) is 29.3 Å². The van der Waals surface area contributed by atoms with E-state index in [0.29, 0.717) is 30.1 Å². The van der Waals surface area contributed by atoms with Crippen molar-refractivity contribution in [2.45, 2.75) is 24.9 Å². The standard InChI is InChI=1S/C16H22ClN3O2S/c1-19(15(21)12(18)8-10-23-2)14-7-9-20(16(14)22)13-6-4-3-5-11(13)17/h3-6,12,14H,7-10,18H2,1-2H3. The summed E-state index contributed by atoms with van der Waals surface area (Å²) < 4.78 is 0. The van der Waals surface area contributed by atoms with Gasteiger partial charge in [-0.05, 0) is 37.0 Å². The number of amides is 2. The predicted octanol–water partition coefficient (Wildman–Crippen LogP) is 1.98. The Balaban J connectivity index is 2.06. The highest BCUT2D eigenvalue weighted by atomic mass is 35.5. The fourth-order valence-electron chi connectivity index (χ4n) is 2.72. The van der Waals surface area contributed by atoms with Gasteiger partial charge in [-0.1, -0.05) is 23.7 Å². The molecule has 1 aromatic rings. The van der Waals surface area contributed by atoms with Crippen molar-refractivity contribution in [1.29, 1.82) is 0 Å².